The predicted octanol–water partition coefficient (Wildman–Crippen LogP) is 3.01. The van der Waals surface area contributed by atoms with E-state index in [0.29, 0.717) is 11.8 Å². The van der Waals surface area contributed by atoms with Gasteiger partial charge in [-0.3, -0.25) is 4.98 Å². The Labute approximate surface area is 127 Å². The molecule has 0 saturated heterocycles. The normalized spacial score (nSPS) is 17.7. The van der Waals surface area contributed by atoms with E-state index in [1.807, 2.05) is 13.8 Å². The summed E-state index contributed by atoms with van der Waals surface area (Å²) in [7, 11) is 0. The Morgan fingerprint density at radius 2 is 2.05 bits per heavy atom. The van der Waals surface area contributed by atoms with E-state index in [4.69, 9.17) is 4.74 Å². The molecule has 1 heterocycles. The summed E-state index contributed by atoms with van der Waals surface area (Å²) >= 11 is 0. The molecule has 1 aromatic heterocycles. The van der Waals surface area contributed by atoms with Crippen molar-refractivity contribution in [1.29, 1.82) is 0 Å². The SMILES string of the molecule is CC(C)Oc1cncc(NC(CCO)C2CCCCC2)n1. The minimum atomic E-state index is 0.0844. The average Bonchev–Trinajstić information content (AvgIpc) is 2.47. The van der Waals surface area contributed by atoms with E-state index in [2.05, 4.69) is 15.3 Å². The maximum Gasteiger partial charge on any atom is 0.234 e. The lowest BCUT2D eigenvalue weighted by atomic mass is 9.83. The molecule has 1 fully saturated rings. The Morgan fingerprint density at radius 1 is 1.29 bits per heavy atom. The minimum Gasteiger partial charge on any atom is -0.474 e. The molecule has 1 aromatic rings. The fraction of sp³-hybridized carbons (Fsp3) is 0.750. The zero-order valence-corrected chi connectivity index (χ0v) is 13.1. The molecular weight excluding hydrogens is 266 g/mol. The zero-order valence-electron chi connectivity index (χ0n) is 13.1. The monoisotopic (exact) mass is 293 g/mol. The molecule has 5 heteroatoms. The van der Waals surface area contributed by atoms with Crippen LogP contribution in [0.2, 0.25) is 0 Å². The van der Waals surface area contributed by atoms with Gasteiger partial charge >= 0.3 is 0 Å². The van der Waals surface area contributed by atoms with E-state index < -0.39 is 0 Å². The highest BCUT2D eigenvalue weighted by atomic mass is 16.5. The lowest BCUT2D eigenvalue weighted by Gasteiger charge is -2.31. The zero-order chi connectivity index (χ0) is 15.1. The van der Waals surface area contributed by atoms with Gasteiger partial charge in [-0.25, -0.2) is 0 Å². The molecular formula is C16H27N3O2. The number of aliphatic hydroxyl groups is 1. The second kappa shape index (κ2) is 8.17. The summed E-state index contributed by atoms with van der Waals surface area (Å²) in [5.41, 5.74) is 0. The van der Waals surface area contributed by atoms with Crippen molar-refractivity contribution in [3.05, 3.63) is 12.4 Å². The molecule has 118 valence electrons. The fourth-order valence-electron chi connectivity index (χ4n) is 3.01. The van der Waals surface area contributed by atoms with Gasteiger partial charge in [0, 0.05) is 12.6 Å². The van der Waals surface area contributed by atoms with Crippen molar-refractivity contribution >= 4 is 5.82 Å². The van der Waals surface area contributed by atoms with Crippen LogP contribution in [0.3, 0.4) is 0 Å². The van der Waals surface area contributed by atoms with Crippen LogP contribution in [0.15, 0.2) is 12.4 Å². The van der Waals surface area contributed by atoms with Gasteiger partial charge in [0.2, 0.25) is 5.88 Å². The van der Waals surface area contributed by atoms with Crippen LogP contribution in [-0.4, -0.2) is 33.8 Å². The van der Waals surface area contributed by atoms with Crippen LogP contribution in [0.1, 0.15) is 52.4 Å². The van der Waals surface area contributed by atoms with Crippen LogP contribution in [-0.2, 0) is 0 Å². The standard InChI is InChI=1S/C16H27N3O2/c1-12(2)21-16-11-17-10-15(19-16)18-14(8-9-20)13-6-4-3-5-7-13/h10-14,20H,3-9H2,1-2H3,(H,18,19). The Morgan fingerprint density at radius 3 is 2.71 bits per heavy atom. The summed E-state index contributed by atoms with van der Waals surface area (Å²) in [6, 6.07) is 0.263. The Kier molecular flexibility index (Phi) is 6.23. The molecule has 0 aliphatic heterocycles. The Hall–Kier alpha value is -1.36. The van der Waals surface area contributed by atoms with E-state index in [1.54, 1.807) is 12.4 Å². The van der Waals surface area contributed by atoms with Crippen molar-refractivity contribution in [2.45, 2.75) is 64.5 Å². The van der Waals surface area contributed by atoms with Gasteiger partial charge in [0.25, 0.3) is 0 Å². The predicted molar refractivity (Wildman–Crippen MR) is 83.5 cm³/mol. The summed E-state index contributed by atoms with van der Waals surface area (Å²) in [4.78, 5) is 8.64. The summed E-state index contributed by atoms with van der Waals surface area (Å²) in [6.07, 6.45) is 10.6. The fourth-order valence-corrected chi connectivity index (χ4v) is 3.01. The first-order valence-electron chi connectivity index (χ1n) is 8.05. The van der Waals surface area contributed by atoms with Gasteiger partial charge in [-0.2, -0.15) is 4.98 Å². The van der Waals surface area contributed by atoms with Crippen molar-refractivity contribution in [2.24, 2.45) is 5.92 Å². The van der Waals surface area contributed by atoms with Crippen LogP contribution in [0.4, 0.5) is 5.82 Å². The van der Waals surface area contributed by atoms with E-state index >= 15 is 0 Å². The highest BCUT2D eigenvalue weighted by molar-refractivity contribution is 5.34. The van der Waals surface area contributed by atoms with Crippen molar-refractivity contribution in [1.82, 2.24) is 9.97 Å². The summed E-state index contributed by atoms with van der Waals surface area (Å²) in [6.45, 7) is 4.14. The highest BCUT2D eigenvalue weighted by Crippen LogP contribution is 2.29. The van der Waals surface area contributed by atoms with Gasteiger partial charge in [-0.05, 0) is 39.0 Å². The van der Waals surface area contributed by atoms with Crippen molar-refractivity contribution in [3.8, 4) is 5.88 Å². The number of nitrogens with zero attached hydrogens (tertiary/aromatic N) is 2. The van der Waals surface area contributed by atoms with Gasteiger partial charge in [-0.1, -0.05) is 19.3 Å². The molecule has 2 N–H and O–H groups in total. The Bertz CT molecular complexity index is 420. The maximum absolute atomic E-state index is 9.32. The number of anilines is 1. The quantitative estimate of drug-likeness (QED) is 0.809. The molecule has 1 saturated carbocycles. The molecule has 5 nitrogen and oxygen atoms in total. The molecule has 1 unspecified atom stereocenters. The first kappa shape index (κ1) is 16.0. The van der Waals surface area contributed by atoms with Gasteiger partial charge in [-0.15, -0.1) is 0 Å². The number of aliphatic hydroxyl groups excluding tert-OH is 1. The first-order valence-corrected chi connectivity index (χ1v) is 8.05. The van der Waals surface area contributed by atoms with E-state index in [0.717, 1.165) is 12.2 Å². The molecule has 0 spiro atoms. The molecule has 0 aromatic carbocycles. The molecule has 0 radical (unpaired) electrons. The van der Waals surface area contributed by atoms with Gasteiger partial charge in [0.05, 0.1) is 18.5 Å². The van der Waals surface area contributed by atoms with Crippen LogP contribution >= 0.6 is 0 Å². The topological polar surface area (TPSA) is 67.3 Å². The Balaban J connectivity index is 2.01. The summed E-state index contributed by atoms with van der Waals surface area (Å²) in [5.74, 6) is 1.89. The second-order valence-corrected chi connectivity index (χ2v) is 6.07. The number of aromatic nitrogens is 2. The van der Waals surface area contributed by atoms with E-state index in [-0.39, 0.29) is 18.8 Å². The number of nitrogens with one attached hydrogen (secondary N) is 1. The largest absolute Gasteiger partial charge is 0.474 e. The maximum atomic E-state index is 9.32. The molecule has 0 amide bonds. The van der Waals surface area contributed by atoms with Crippen molar-refractivity contribution < 1.29 is 9.84 Å². The van der Waals surface area contributed by atoms with Gasteiger partial charge in [0.15, 0.2) is 0 Å². The molecule has 1 atom stereocenters. The average molecular weight is 293 g/mol. The number of ether oxygens (including phenoxy) is 1. The first-order chi connectivity index (χ1) is 10.2. The molecule has 1 aliphatic rings. The third-order valence-corrected chi connectivity index (χ3v) is 3.96. The van der Waals surface area contributed by atoms with Crippen LogP contribution < -0.4 is 10.1 Å². The summed E-state index contributed by atoms with van der Waals surface area (Å²) < 4.78 is 5.58. The van der Waals surface area contributed by atoms with E-state index in [1.165, 1.54) is 32.1 Å². The van der Waals surface area contributed by atoms with Crippen LogP contribution in [0.25, 0.3) is 0 Å². The lowest BCUT2D eigenvalue weighted by Crippen LogP contribution is -2.32. The molecule has 1 aliphatic carbocycles. The molecule has 21 heavy (non-hydrogen) atoms. The third-order valence-electron chi connectivity index (χ3n) is 3.96. The second-order valence-electron chi connectivity index (χ2n) is 6.07. The van der Waals surface area contributed by atoms with Crippen LogP contribution in [0, 0.1) is 5.92 Å². The molecule has 0 bridgehead atoms. The highest BCUT2D eigenvalue weighted by Gasteiger charge is 2.23. The smallest absolute Gasteiger partial charge is 0.234 e. The number of hydrogen-bond acceptors (Lipinski definition) is 5. The molecule has 2 rings (SSSR count). The van der Waals surface area contributed by atoms with Crippen LogP contribution in [0.5, 0.6) is 5.88 Å². The number of hydrogen-bond donors (Lipinski definition) is 2. The van der Waals surface area contributed by atoms with Gasteiger partial charge < -0.3 is 15.2 Å². The third kappa shape index (κ3) is 5.16. The van der Waals surface area contributed by atoms with Crippen molar-refractivity contribution in [2.75, 3.05) is 11.9 Å². The van der Waals surface area contributed by atoms with E-state index in [9.17, 15) is 5.11 Å². The van der Waals surface area contributed by atoms with Crippen molar-refractivity contribution in [3.63, 3.8) is 0 Å². The van der Waals surface area contributed by atoms with Gasteiger partial charge in [0.1, 0.15) is 5.82 Å². The summed E-state index contributed by atoms with van der Waals surface area (Å²) in [5, 5.41) is 12.8. The number of rotatable bonds is 7. The lowest BCUT2D eigenvalue weighted by molar-refractivity contribution is 0.230. The minimum absolute atomic E-state index is 0.0844.